The summed E-state index contributed by atoms with van der Waals surface area (Å²) in [6.45, 7) is 3.07. The van der Waals surface area contributed by atoms with E-state index in [0.29, 0.717) is 6.04 Å². The van der Waals surface area contributed by atoms with Crippen molar-refractivity contribution in [3.8, 4) is 0 Å². The molecule has 0 spiro atoms. The molecule has 94 valence electrons. The van der Waals surface area contributed by atoms with Crippen molar-refractivity contribution in [2.75, 3.05) is 19.6 Å². The molecule has 1 atom stereocenters. The van der Waals surface area contributed by atoms with Crippen LogP contribution in [0.15, 0.2) is 24.3 Å². The maximum Gasteiger partial charge on any atom is 0.123 e. The smallest absolute Gasteiger partial charge is 0.123 e. The lowest BCUT2D eigenvalue weighted by atomic mass is 10.1. The van der Waals surface area contributed by atoms with E-state index in [9.17, 15) is 4.39 Å². The van der Waals surface area contributed by atoms with Gasteiger partial charge < -0.3 is 5.73 Å². The van der Waals surface area contributed by atoms with Gasteiger partial charge in [-0.05, 0) is 56.5 Å². The van der Waals surface area contributed by atoms with Crippen LogP contribution in [0.3, 0.4) is 0 Å². The molecule has 1 heterocycles. The van der Waals surface area contributed by atoms with Crippen LogP contribution >= 0.6 is 0 Å². The third kappa shape index (κ3) is 3.51. The average Bonchev–Trinajstić information content (AvgIpc) is 2.79. The molecule has 0 aromatic heterocycles. The number of aryl methyl sites for hydroxylation is 1. The second kappa shape index (κ2) is 6.12. The normalized spacial score (nSPS) is 20.9. The Morgan fingerprint density at radius 2 is 2.06 bits per heavy atom. The van der Waals surface area contributed by atoms with Crippen molar-refractivity contribution in [1.82, 2.24) is 4.90 Å². The first-order chi connectivity index (χ1) is 8.29. The van der Waals surface area contributed by atoms with Crippen molar-refractivity contribution in [3.63, 3.8) is 0 Å². The first-order valence-corrected chi connectivity index (χ1v) is 6.48. The second-order valence-electron chi connectivity index (χ2n) is 4.80. The van der Waals surface area contributed by atoms with Crippen LogP contribution in [0.2, 0.25) is 0 Å². The topological polar surface area (TPSA) is 29.3 Å². The quantitative estimate of drug-likeness (QED) is 0.849. The Morgan fingerprint density at radius 1 is 1.29 bits per heavy atom. The van der Waals surface area contributed by atoms with Crippen molar-refractivity contribution in [3.05, 3.63) is 35.6 Å². The summed E-state index contributed by atoms with van der Waals surface area (Å²) in [4.78, 5) is 2.49. The molecule has 2 nitrogen and oxygen atoms in total. The highest BCUT2D eigenvalue weighted by Crippen LogP contribution is 2.16. The van der Waals surface area contributed by atoms with Gasteiger partial charge in [0.05, 0.1) is 0 Å². The van der Waals surface area contributed by atoms with E-state index in [1.807, 2.05) is 12.1 Å². The molecule has 1 saturated heterocycles. The van der Waals surface area contributed by atoms with Crippen molar-refractivity contribution in [2.45, 2.75) is 31.7 Å². The van der Waals surface area contributed by atoms with Crippen LogP contribution in [0.1, 0.15) is 24.8 Å². The summed E-state index contributed by atoms with van der Waals surface area (Å²) >= 11 is 0. The Morgan fingerprint density at radius 3 is 2.76 bits per heavy atom. The van der Waals surface area contributed by atoms with Crippen molar-refractivity contribution in [1.29, 1.82) is 0 Å². The maximum atomic E-state index is 12.7. The van der Waals surface area contributed by atoms with Gasteiger partial charge in [0.1, 0.15) is 5.82 Å². The molecule has 2 N–H and O–H groups in total. The first kappa shape index (κ1) is 12.5. The predicted octanol–water partition coefficient (Wildman–Crippen LogP) is 2.18. The highest BCUT2D eigenvalue weighted by Gasteiger charge is 2.21. The molecule has 1 unspecified atom stereocenters. The van der Waals surface area contributed by atoms with Gasteiger partial charge in [0, 0.05) is 12.6 Å². The summed E-state index contributed by atoms with van der Waals surface area (Å²) in [7, 11) is 0. The molecule has 1 aliphatic rings. The number of halogens is 1. The minimum atomic E-state index is -0.156. The zero-order valence-corrected chi connectivity index (χ0v) is 10.2. The van der Waals surface area contributed by atoms with Gasteiger partial charge >= 0.3 is 0 Å². The maximum absolute atomic E-state index is 12.7. The van der Waals surface area contributed by atoms with Crippen molar-refractivity contribution < 1.29 is 4.39 Å². The molecule has 0 amide bonds. The molecule has 3 heteroatoms. The SMILES string of the molecule is NCC1CCCN1CCCc1ccc(F)cc1. The largest absolute Gasteiger partial charge is 0.329 e. The highest BCUT2D eigenvalue weighted by atomic mass is 19.1. The van der Waals surface area contributed by atoms with E-state index in [-0.39, 0.29) is 5.82 Å². The molecular weight excluding hydrogens is 215 g/mol. The van der Waals surface area contributed by atoms with Crippen LogP contribution in [-0.4, -0.2) is 30.6 Å². The highest BCUT2D eigenvalue weighted by molar-refractivity contribution is 5.16. The zero-order chi connectivity index (χ0) is 12.1. The fourth-order valence-corrected chi connectivity index (χ4v) is 2.59. The molecule has 0 aliphatic carbocycles. The molecule has 1 fully saturated rings. The van der Waals surface area contributed by atoms with Gasteiger partial charge in [-0.25, -0.2) is 4.39 Å². The van der Waals surface area contributed by atoms with Gasteiger partial charge in [0.25, 0.3) is 0 Å². The molecule has 1 aliphatic heterocycles. The van der Waals surface area contributed by atoms with Gasteiger partial charge in [-0.1, -0.05) is 12.1 Å². The second-order valence-corrected chi connectivity index (χ2v) is 4.80. The van der Waals surface area contributed by atoms with Crippen molar-refractivity contribution >= 4 is 0 Å². The number of nitrogens with zero attached hydrogens (tertiary/aromatic N) is 1. The van der Waals surface area contributed by atoms with Crippen LogP contribution < -0.4 is 5.73 Å². The number of hydrogen-bond donors (Lipinski definition) is 1. The fourth-order valence-electron chi connectivity index (χ4n) is 2.59. The number of nitrogens with two attached hydrogens (primary N) is 1. The van der Waals surface area contributed by atoms with Gasteiger partial charge in [-0.15, -0.1) is 0 Å². The third-order valence-electron chi connectivity index (χ3n) is 3.60. The number of likely N-dealkylation sites (tertiary alicyclic amines) is 1. The molecule has 1 aromatic carbocycles. The molecule has 0 radical (unpaired) electrons. The van der Waals surface area contributed by atoms with Gasteiger partial charge in [-0.3, -0.25) is 4.90 Å². The average molecular weight is 236 g/mol. The molecule has 1 aromatic rings. The lowest BCUT2D eigenvalue weighted by molar-refractivity contribution is 0.255. The summed E-state index contributed by atoms with van der Waals surface area (Å²) in [6, 6.07) is 7.41. The van der Waals surface area contributed by atoms with E-state index in [0.717, 1.165) is 25.9 Å². The summed E-state index contributed by atoms with van der Waals surface area (Å²) in [6.07, 6.45) is 4.67. The number of hydrogen-bond acceptors (Lipinski definition) is 2. The Kier molecular flexibility index (Phi) is 4.51. The van der Waals surface area contributed by atoms with Crippen LogP contribution in [0, 0.1) is 5.82 Å². The monoisotopic (exact) mass is 236 g/mol. The lowest BCUT2D eigenvalue weighted by Crippen LogP contribution is -2.36. The van der Waals surface area contributed by atoms with Crippen molar-refractivity contribution in [2.24, 2.45) is 5.73 Å². The summed E-state index contributed by atoms with van der Waals surface area (Å²) < 4.78 is 12.7. The van der Waals surface area contributed by atoms with E-state index < -0.39 is 0 Å². The summed E-state index contributed by atoms with van der Waals surface area (Å²) in [5.41, 5.74) is 6.96. The lowest BCUT2D eigenvalue weighted by Gasteiger charge is -2.22. The zero-order valence-electron chi connectivity index (χ0n) is 10.2. The van der Waals surface area contributed by atoms with Gasteiger partial charge in [-0.2, -0.15) is 0 Å². The Labute approximate surface area is 103 Å². The van der Waals surface area contributed by atoms with E-state index in [1.165, 1.54) is 37.1 Å². The van der Waals surface area contributed by atoms with Crippen LogP contribution in [0.25, 0.3) is 0 Å². The number of benzene rings is 1. The van der Waals surface area contributed by atoms with E-state index in [2.05, 4.69) is 4.90 Å². The van der Waals surface area contributed by atoms with Crippen LogP contribution in [0.4, 0.5) is 4.39 Å². The summed E-state index contributed by atoms with van der Waals surface area (Å²) in [5.74, 6) is -0.156. The van der Waals surface area contributed by atoms with E-state index >= 15 is 0 Å². The molecule has 0 bridgehead atoms. The van der Waals surface area contributed by atoms with E-state index in [4.69, 9.17) is 5.73 Å². The third-order valence-corrected chi connectivity index (χ3v) is 3.60. The van der Waals surface area contributed by atoms with Crippen LogP contribution in [0.5, 0.6) is 0 Å². The van der Waals surface area contributed by atoms with Gasteiger partial charge in [0.2, 0.25) is 0 Å². The molecule has 0 saturated carbocycles. The molecular formula is C14H21FN2. The molecule has 17 heavy (non-hydrogen) atoms. The Balaban J connectivity index is 1.74. The fraction of sp³-hybridized carbons (Fsp3) is 0.571. The Bertz CT molecular complexity index is 337. The van der Waals surface area contributed by atoms with Gasteiger partial charge in [0.15, 0.2) is 0 Å². The minimum Gasteiger partial charge on any atom is -0.329 e. The summed E-state index contributed by atoms with van der Waals surface area (Å²) in [5, 5.41) is 0. The Hall–Kier alpha value is -0.930. The standard InChI is InChI=1S/C14H21FN2/c15-13-7-5-12(6-8-13)3-1-9-17-10-2-4-14(17)11-16/h5-8,14H,1-4,9-11,16H2. The van der Waals surface area contributed by atoms with E-state index in [1.54, 1.807) is 0 Å². The number of rotatable bonds is 5. The molecule has 2 rings (SSSR count). The predicted molar refractivity (Wildman–Crippen MR) is 68.4 cm³/mol. The van der Waals surface area contributed by atoms with Crippen LogP contribution in [-0.2, 0) is 6.42 Å². The first-order valence-electron chi connectivity index (χ1n) is 6.48. The minimum absolute atomic E-state index is 0.156.